The lowest BCUT2D eigenvalue weighted by Crippen LogP contribution is -2.61. The van der Waals surface area contributed by atoms with Crippen molar-refractivity contribution in [2.45, 2.75) is 36.8 Å². The second-order valence-electron chi connectivity index (χ2n) is 3.27. The predicted molar refractivity (Wildman–Crippen MR) is 43.5 cm³/mol. The fourth-order valence-electron chi connectivity index (χ4n) is 1.55. The molecule has 1 rings (SSSR count). The van der Waals surface area contributed by atoms with Crippen LogP contribution in [-0.2, 0) is 0 Å². The van der Waals surface area contributed by atoms with Gasteiger partial charge in [-0.2, -0.15) is 0 Å². The summed E-state index contributed by atoms with van der Waals surface area (Å²) in [5.74, 6) is 0. The minimum absolute atomic E-state index is 0.238. The van der Waals surface area contributed by atoms with Crippen LogP contribution < -0.4 is 11.1 Å². The van der Waals surface area contributed by atoms with Crippen molar-refractivity contribution in [3.63, 3.8) is 0 Å². The van der Waals surface area contributed by atoms with Gasteiger partial charge < -0.3 is 26.4 Å². The minimum atomic E-state index is -1.15. The average molecular weight is 176 g/mol. The van der Waals surface area contributed by atoms with Gasteiger partial charge in [0.15, 0.2) is 0 Å². The van der Waals surface area contributed by atoms with Crippen LogP contribution in [0.4, 0.5) is 0 Å². The SMILES string of the molecule is CN[C@@H]1C[C@H](N)[C@@H](O)[C@H](O)[C@H]1O. The van der Waals surface area contributed by atoms with E-state index in [1.54, 1.807) is 7.05 Å². The van der Waals surface area contributed by atoms with E-state index >= 15 is 0 Å². The van der Waals surface area contributed by atoms with E-state index in [2.05, 4.69) is 5.32 Å². The van der Waals surface area contributed by atoms with Gasteiger partial charge in [0, 0.05) is 12.1 Å². The Kier molecular flexibility index (Phi) is 3.03. The smallest absolute Gasteiger partial charge is 0.109 e. The van der Waals surface area contributed by atoms with Gasteiger partial charge in [-0.15, -0.1) is 0 Å². The topological polar surface area (TPSA) is 98.7 Å². The first-order valence-corrected chi connectivity index (χ1v) is 4.05. The molecule has 1 saturated carbocycles. The summed E-state index contributed by atoms with van der Waals surface area (Å²) in [6.45, 7) is 0. The van der Waals surface area contributed by atoms with Gasteiger partial charge >= 0.3 is 0 Å². The number of nitrogens with one attached hydrogen (secondary N) is 1. The van der Waals surface area contributed by atoms with E-state index in [-0.39, 0.29) is 6.04 Å². The van der Waals surface area contributed by atoms with Gasteiger partial charge in [-0.3, -0.25) is 0 Å². The highest BCUT2D eigenvalue weighted by molar-refractivity contribution is 4.97. The molecule has 0 heterocycles. The van der Waals surface area contributed by atoms with Crippen LogP contribution in [0.25, 0.3) is 0 Å². The first-order valence-electron chi connectivity index (χ1n) is 4.05. The summed E-state index contributed by atoms with van der Waals surface area (Å²) in [6, 6.07) is -0.709. The molecule has 72 valence electrons. The van der Waals surface area contributed by atoms with Gasteiger partial charge in [-0.25, -0.2) is 0 Å². The van der Waals surface area contributed by atoms with Crippen LogP contribution in [0.3, 0.4) is 0 Å². The molecular weight excluding hydrogens is 160 g/mol. The first kappa shape index (κ1) is 9.88. The maximum Gasteiger partial charge on any atom is 0.109 e. The third-order valence-electron chi connectivity index (χ3n) is 2.45. The average Bonchev–Trinajstić information content (AvgIpc) is 2.08. The summed E-state index contributed by atoms with van der Waals surface area (Å²) in [6.07, 6.45) is -2.64. The van der Waals surface area contributed by atoms with Gasteiger partial charge in [-0.05, 0) is 13.5 Å². The number of hydrogen-bond acceptors (Lipinski definition) is 5. The number of rotatable bonds is 1. The van der Waals surface area contributed by atoms with Crippen LogP contribution in [0.2, 0.25) is 0 Å². The van der Waals surface area contributed by atoms with Crippen molar-refractivity contribution in [3.05, 3.63) is 0 Å². The molecule has 0 amide bonds. The van der Waals surface area contributed by atoms with E-state index in [1.165, 1.54) is 0 Å². The van der Waals surface area contributed by atoms with E-state index in [0.717, 1.165) is 0 Å². The Labute approximate surface area is 71.2 Å². The third kappa shape index (κ3) is 1.60. The second-order valence-corrected chi connectivity index (χ2v) is 3.27. The second kappa shape index (κ2) is 3.68. The standard InChI is InChI=1S/C7H16N2O3/c1-9-4-2-3(8)5(10)7(12)6(4)11/h3-7,9-12H,2,8H2,1H3/t3-,4+,5+,6-,7-/m0/s1. The quantitative estimate of drug-likeness (QED) is 0.301. The van der Waals surface area contributed by atoms with Gasteiger partial charge in [0.1, 0.15) is 6.10 Å². The van der Waals surface area contributed by atoms with Crippen molar-refractivity contribution in [1.29, 1.82) is 0 Å². The summed E-state index contributed by atoms with van der Waals surface area (Å²) >= 11 is 0. The summed E-state index contributed by atoms with van der Waals surface area (Å²) in [5, 5.41) is 30.8. The van der Waals surface area contributed by atoms with Crippen LogP contribution in [0, 0.1) is 0 Å². The molecule has 0 spiro atoms. The van der Waals surface area contributed by atoms with Crippen molar-refractivity contribution >= 4 is 0 Å². The molecule has 5 nitrogen and oxygen atoms in total. The molecule has 0 radical (unpaired) electrons. The number of likely N-dealkylation sites (N-methyl/N-ethyl adjacent to an activating group) is 1. The predicted octanol–water partition coefficient (Wildman–Crippen LogP) is -2.61. The summed E-state index contributed by atoms with van der Waals surface area (Å²) in [7, 11) is 1.69. The molecule has 5 heteroatoms. The number of aliphatic hydroxyl groups is 3. The first-order chi connectivity index (χ1) is 5.57. The zero-order chi connectivity index (χ0) is 9.30. The summed E-state index contributed by atoms with van der Waals surface area (Å²) in [5.41, 5.74) is 5.54. The van der Waals surface area contributed by atoms with Crippen LogP contribution in [0.1, 0.15) is 6.42 Å². The van der Waals surface area contributed by atoms with E-state index in [1.807, 2.05) is 0 Å². The maximum absolute atomic E-state index is 9.40. The molecule has 0 bridgehead atoms. The summed E-state index contributed by atoms with van der Waals surface area (Å²) in [4.78, 5) is 0. The number of hydrogen-bond donors (Lipinski definition) is 5. The lowest BCUT2D eigenvalue weighted by molar-refractivity contribution is -0.105. The lowest BCUT2D eigenvalue weighted by Gasteiger charge is -2.38. The van der Waals surface area contributed by atoms with Gasteiger partial charge in [0.2, 0.25) is 0 Å². The molecule has 0 unspecified atom stereocenters. The fraction of sp³-hybridized carbons (Fsp3) is 1.00. The molecule has 0 aliphatic heterocycles. The van der Waals surface area contributed by atoms with E-state index in [4.69, 9.17) is 5.73 Å². The van der Waals surface area contributed by atoms with Gasteiger partial charge in [0.25, 0.3) is 0 Å². The highest BCUT2D eigenvalue weighted by Gasteiger charge is 2.40. The molecule has 0 aromatic heterocycles. The number of aliphatic hydroxyl groups excluding tert-OH is 3. The van der Waals surface area contributed by atoms with Crippen molar-refractivity contribution in [2.75, 3.05) is 7.05 Å². The Morgan fingerprint density at radius 3 is 2.25 bits per heavy atom. The molecule has 6 N–H and O–H groups in total. The number of nitrogens with two attached hydrogens (primary N) is 1. The molecule has 1 aliphatic rings. The third-order valence-corrected chi connectivity index (χ3v) is 2.45. The Hall–Kier alpha value is -0.200. The highest BCUT2D eigenvalue weighted by Crippen LogP contribution is 2.18. The van der Waals surface area contributed by atoms with Gasteiger partial charge in [-0.1, -0.05) is 0 Å². The van der Waals surface area contributed by atoms with Crippen LogP contribution in [0.15, 0.2) is 0 Å². The Morgan fingerprint density at radius 1 is 1.17 bits per heavy atom. The van der Waals surface area contributed by atoms with Crippen LogP contribution >= 0.6 is 0 Å². The van der Waals surface area contributed by atoms with Gasteiger partial charge in [0.05, 0.1) is 12.2 Å². The van der Waals surface area contributed by atoms with Crippen LogP contribution in [0.5, 0.6) is 0 Å². The fourth-order valence-corrected chi connectivity index (χ4v) is 1.55. The molecule has 0 aromatic carbocycles. The van der Waals surface area contributed by atoms with E-state index in [9.17, 15) is 15.3 Å². The summed E-state index contributed by atoms with van der Waals surface area (Å²) < 4.78 is 0. The molecule has 0 aromatic rings. The Balaban J connectivity index is 2.63. The zero-order valence-electron chi connectivity index (χ0n) is 7.01. The molecule has 5 atom stereocenters. The monoisotopic (exact) mass is 176 g/mol. The molecule has 1 aliphatic carbocycles. The lowest BCUT2D eigenvalue weighted by atomic mass is 9.84. The molecule has 12 heavy (non-hydrogen) atoms. The normalized spacial score (nSPS) is 49.2. The Bertz CT molecular complexity index is 151. The highest BCUT2D eigenvalue weighted by atomic mass is 16.4. The minimum Gasteiger partial charge on any atom is -0.389 e. The van der Waals surface area contributed by atoms with E-state index in [0.29, 0.717) is 6.42 Å². The van der Waals surface area contributed by atoms with Crippen LogP contribution in [-0.4, -0.2) is 52.8 Å². The Morgan fingerprint density at radius 2 is 1.75 bits per heavy atom. The van der Waals surface area contributed by atoms with E-state index < -0.39 is 24.4 Å². The van der Waals surface area contributed by atoms with Crippen molar-refractivity contribution in [3.8, 4) is 0 Å². The van der Waals surface area contributed by atoms with Crippen molar-refractivity contribution in [1.82, 2.24) is 5.32 Å². The van der Waals surface area contributed by atoms with Crippen molar-refractivity contribution in [2.24, 2.45) is 5.73 Å². The largest absolute Gasteiger partial charge is 0.389 e. The molecule has 0 saturated heterocycles. The zero-order valence-corrected chi connectivity index (χ0v) is 7.01. The maximum atomic E-state index is 9.40. The molecule has 1 fully saturated rings. The molecular formula is C7H16N2O3. The van der Waals surface area contributed by atoms with Crippen molar-refractivity contribution < 1.29 is 15.3 Å².